The van der Waals surface area contributed by atoms with Gasteiger partial charge in [-0.05, 0) is 29.4 Å². The predicted molar refractivity (Wildman–Crippen MR) is 77.2 cm³/mol. The van der Waals surface area contributed by atoms with Crippen molar-refractivity contribution >= 4 is 0 Å². The summed E-state index contributed by atoms with van der Waals surface area (Å²) in [6.07, 6.45) is 6.73. The van der Waals surface area contributed by atoms with E-state index in [1.165, 1.54) is 43.2 Å². The van der Waals surface area contributed by atoms with E-state index in [9.17, 15) is 0 Å². The molecule has 1 aromatic carbocycles. The Balaban J connectivity index is 2.02. The van der Waals surface area contributed by atoms with Crippen LogP contribution in [0.1, 0.15) is 69.0 Å². The first-order valence-electron chi connectivity index (χ1n) is 7.26. The van der Waals surface area contributed by atoms with Crippen LogP contribution in [0.2, 0.25) is 0 Å². The van der Waals surface area contributed by atoms with Crippen molar-refractivity contribution in [3.05, 3.63) is 35.4 Å². The summed E-state index contributed by atoms with van der Waals surface area (Å²) in [5.41, 5.74) is 5.72. The van der Waals surface area contributed by atoms with E-state index in [2.05, 4.69) is 43.5 Å². The summed E-state index contributed by atoms with van der Waals surface area (Å²) < 4.78 is 0. The maximum absolute atomic E-state index is 5.73. The molecule has 0 radical (unpaired) electrons. The Morgan fingerprint density at radius 3 is 2.17 bits per heavy atom. The average molecular weight is 246 g/mol. The third-order valence-corrected chi connectivity index (χ3v) is 4.25. The monoisotopic (exact) mass is 246 g/mol. The molecule has 2 heteroatoms. The molecule has 0 heterocycles. The quantitative estimate of drug-likeness (QED) is 0.611. The van der Waals surface area contributed by atoms with E-state index >= 15 is 0 Å². The Morgan fingerprint density at radius 1 is 1.11 bits per heavy atom. The smallest absolute Gasteiger partial charge is 0.0462 e. The molecule has 1 aliphatic carbocycles. The lowest BCUT2D eigenvalue weighted by Crippen LogP contribution is -2.29. The fourth-order valence-corrected chi connectivity index (χ4v) is 2.99. The lowest BCUT2D eigenvalue weighted by atomic mass is 9.92. The third kappa shape index (κ3) is 3.33. The highest BCUT2D eigenvalue weighted by Crippen LogP contribution is 2.33. The van der Waals surface area contributed by atoms with Crippen molar-refractivity contribution < 1.29 is 0 Å². The van der Waals surface area contributed by atoms with E-state index in [0.717, 1.165) is 5.92 Å². The van der Waals surface area contributed by atoms with Gasteiger partial charge in [0.1, 0.15) is 0 Å². The first kappa shape index (κ1) is 13.6. The van der Waals surface area contributed by atoms with E-state index in [4.69, 9.17) is 5.84 Å². The molecule has 1 aromatic rings. The highest BCUT2D eigenvalue weighted by Gasteiger charge is 2.20. The van der Waals surface area contributed by atoms with Crippen molar-refractivity contribution in [1.29, 1.82) is 0 Å². The van der Waals surface area contributed by atoms with Gasteiger partial charge in [0.2, 0.25) is 0 Å². The van der Waals surface area contributed by atoms with Gasteiger partial charge in [-0.3, -0.25) is 11.3 Å². The summed E-state index contributed by atoms with van der Waals surface area (Å²) >= 11 is 0. The molecular formula is C16H26N2. The maximum Gasteiger partial charge on any atom is 0.0462 e. The summed E-state index contributed by atoms with van der Waals surface area (Å²) in [5.74, 6) is 7.18. The Morgan fingerprint density at radius 2 is 1.67 bits per heavy atom. The zero-order valence-corrected chi connectivity index (χ0v) is 11.7. The van der Waals surface area contributed by atoms with Crippen molar-refractivity contribution in [2.24, 2.45) is 11.8 Å². The summed E-state index contributed by atoms with van der Waals surface area (Å²) in [5, 5.41) is 0. The van der Waals surface area contributed by atoms with Crippen molar-refractivity contribution in [2.45, 2.75) is 57.9 Å². The standard InChI is InChI=1S/C16H26N2/c1-12(2)14-7-9-15(10-8-14)16(18-17)11-13-5-3-4-6-13/h7-10,12-13,16,18H,3-6,11,17H2,1-2H3. The van der Waals surface area contributed by atoms with Crippen LogP contribution >= 0.6 is 0 Å². The summed E-state index contributed by atoms with van der Waals surface area (Å²) in [7, 11) is 0. The van der Waals surface area contributed by atoms with Gasteiger partial charge in [-0.25, -0.2) is 0 Å². The summed E-state index contributed by atoms with van der Waals surface area (Å²) in [4.78, 5) is 0. The van der Waals surface area contributed by atoms with Gasteiger partial charge in [0.25, 0.3) is 0 Å². The number of hydrazine groups is 1. The van der Waals surface area contributed by atoms with Crippen LogP contribution in [0.5, 0.6) is 0 Å². The van der Waals surface area contributed by atoms with Crippen molar-refractivity contribution in [2.75, 3.05) is 0 Å². The van der Waals surface area contributed by atoms with Crippen LogP contribution in [0.4, 0.5) is 0 Å². The van der Waals surface area contributed by atoms with E-state index in [1.807, 2.05) is 0 Å². The lowest BCUT2D eigenvalue weighted by Gasteiger charge is -2.20. The highest BCUT2D eigenvalue weighted by molar-refractivity contribution is 5.26. The zero-order chi connectivity index (χ0) is 13.0. The van der Waals surface area contributed by atoms with Crippen LogP contribution in [0.15, 0.2) is 24.3 Å². The minimum Gasteiger partial charge on any atom is -0.271 e. The van der Waals surface area contributed by atoms with Crippen LogP contribution in [0, 0.1) is 5.92 Å². The van der Waals surface area contributed by atoms with Crippen molar-refractivity contribution in [3.63, 3.8) is 0 Å². The molecule has 1 aliphatic rings. The van der Waals surface area contributed by atoms with Crippen LogP contribution < -0.4 is 11.3 Å². The van der Waals surface area contributed by atoms with Gasteiger partial charge < -0.3 is 0 Å². The van der Waals surface area contributed by atoms with Gasteiger partial charge in [0.05, 0.1) is 0 Å². The van der Waals surface area contributed by atoms with Gasteiger partial charge in [-0.2, -0.15) is 0 Å². The molecule has 1 fully saturated rings. The Hall–Kier alpha value is -0.860. The van der Waals surface area contributed by atoms with Gasteiger partial charge in [-0.1, -0.05) is 63.8 Å². The number of hydrogen-bond acceptors (Lipinski definition) is 2. The van der Waals surface area contributed by atoms with E-state index in [-0.39, 0.29) is 0 Å². The zero-order valence-electron chi connectivity index (χ0n) is 11.7. The average Bonchev–Trinajstić information content (AvgIpc) is 2.89. The molecule has 2 nitrogen and oxygen atoms in total. The fraction of sp³-hybridized carbons (Fsp3) is 0.625. The molecule has 18 heavy (non-hydrogen) atoms. The molecule has 0 bridgehead atoms. The molecule has 1 saturated carbocycles. The molecule has 100 valence electrons. The number of benzene rings is 1. The molecule has 0 spiro atoms. The van der Waals surface area contributed by atoms with Crippen LogP contribution in [0.3, 0.4) is 0 Å². The minimum absolute atomic E-state index is 0.314. The molecule has 0 aliphatic heterocycles. The lowest BCUT2D eigenvalue weighted by molar-refractivity contribution is 0.400. The predicted octanol–water partition coefficient (Wildman–Crippen LogP) is 3.89. The Labute approximate surface area is 111 Å². The molecule has 0 amide bonds. The fourth-order valence-electron chi connectivity index (χ4n) is 2.99. The normalized spacial score (nSPS) is 18.4. The van der Waals surface area contributed by atoms with Crippen LogP contribution in [0.25, 0.3) is 0 Å². The first-order valence-corrected chi connectivity index (χ1v) is 7.26. The third-order valence-electron chi connectivity index (χ3n) is 4.25. The van der Waals surface area contributed by atoms with Crippen LogP contribution in [-0.4, -0.2) is 0 Å². The summed E-state index contributed by atoms with van der Waals surface area (Å²) in [6.45, 7) is 4.46. The Bertz CT molecular complexity index is 350. The van der Waals surface area contributed by atoms with Crippen molar-refractivity contribution in [3.8, 4) is 0 Å². The molecule has 1 unspecified atom stereocenters. The molecular weight excluding hydrogens is 220 g/mol. The molecule has 3 N–H and O–H groups in total. The van der Waals surface area contributed by atoms with Gasteiger partial charge in [-0.15, -0.1) is 0 Å². The largest absolute Gasteiger partial charge is 0.271 e. The molecule has 2 rings (SSSR count). The molecule has 0 saturated heterocycles. The second-order valence-corrected chi connectivity index (χ2v) is 5.93. The topological polar surface area (TPSA) is 38.0 Å². The van der Waals surface area contributed by atoms with Gasteiger partial charge >= 0.3 is 0 Å². The highest BCUT2D eigenvalue weighted by atomic mass is 15.2. The second-order valence-electron chi connectivity index (χ2n) is 5.93. The number of nitrogens with two attached hydrogens (primary N) is 1. The Kier molecular flexibility index (Phi) is 4.79. The second kappa shape index (κ2) is 6.35. The molecule has 1 atom stereocenters. The first-order chi connectivity index (χ1) is 8.70. The number of rotatable bonds is 5. The number of nitrogens with one attached hydrogen (secondary N) is 1. The van der Waals surface area contributed by atoms with Gasteiger partial charge in [0, 0.05) is 6.04 Å². The SMILES string of the molecule is CC(C)c1ccc(C(CC2CCCC2)NN)cc1. The summed E-state index contributed by atoms with van der Waals surface area (Å²) in [6, 6.07) is 9.25. The minimum atomic E-state index is 0.314. The maximum atomic E-state index is 5.73. The van der Waals surface area contributed by atoms with E-state index in [0.29, 0.717) is 12.0 Å². The molecule has 0 aromatic heterocycles. The number of hydrogen-bond donors (Lipinski definition) is 2. The van der Waals surface area contributed by atoms with Crippen molar-refractivity contribution in [1.82, 2.24) is 5.43 Å². The van der Waals surface area contributed by atoms with Crippen LogP contribution in [-0.2, 0) is 0 Å². The van der Waals surface area contributed by atoms with E-state index < -0.39 is 0 Å². The van der Waals surface area contributed by atoms with E-state index in [1.54, 1.807) is 0 Å². The van der Waals surface area contributed by atoms with Gasteiger partial charge in [0.15, 0.2) is 0 Å².